The molecule has 0 spiro atoms. The third kappa shape index (κ3) is 3.39. The van der Waals surface area contributed by atoms with E-state index in [2.05, 4.69) is 20.2 Å². The molecule has 110 valence electrons. The molecule has 1 N–H and O–H groups in total. The molecule has 0 unspecified atom stereocenters. The Morgan fingerprint density at radius 3 is 2.43 bits per heavy atom. The number of anilines is 3. The molecule has 0 aliphatic carbocycles. The monoisotopic (exact) mass is 322 g/mol. The molecule has 3 rings (SSSR count). The molecule has 4 nitrogen and oxygen atoms in total. The van der Waals surface area contributed by atoms with Gasteiger partial charge in [-0.2, -0.15) is 0 Å². The van der Waals surface area contributed by atoms with Gasteiger partial charge in [0.15, 0.2) is 0 Å². The molecular weight excluding hydrogens is 307 g/mol. The minimum Gasteiger partial charge on any atom is -0.356 e. The van der Waals surface area contributed by atoms with Gasteiger partial charge in [-0.1, -0.05) is 29.3 Å². The quantitative estimate of drug-likeness (QED) is 0.902. The summed E-state index contributed by atoms with van der Waals surface area (Å²) in [7, 11) is 0. The Balaban J connectivity index is 1.83. The van der Waals surface area contributed by atoms with Gasteiger partial charge in [-0.15, -0.1) is 0 Å². The average Bonchev–Trinajstić information content (AvgIpc) is 2.52. The molecule has 0 bridgehead atoms. The highest BCUT2D eigenvalue weighted by molar-refractivity contribution is 6.39. The summed E-state index contributed by atoms with van der Waals surface area (Å²) in [6.45, 7) is 2.09. The Bertz CT molecular complexity index is 607. The normalized spacial score (nSPS) is 15.0. The Hall–Kier alpha value is -1.52. The molecule has 6 heteroatoms. The van der Waals surface area contributed by atoms with Crippen molar-refractivity contribution >= 4 is 40.5 Å². The van der Waals surface area contributed by atoms with Gasteiger partial charge in [0.25, 0.3) is 0 Å². The van der Waals surface area contributed by atoms with E-state index in [1.165, 1.54) is 19.3 Å². The topological polar surface area (TPSA) is 41.0 Å². The highest BCUT2D eigenvalue weighted by atomic mass is 35.5. The highest BCUT2D eigenvalue weighted by Crippen LogP contribution is 2.32. The molecule has 2 aromatic rings. The van der Waals surface area contributed by atoms with Crippen molar-refractivity contribution in [3.05, 3.63) is 40.6 Å². The first kappa shape index (κ1) is 14.4. The van der Waals surface area contributed by atoms with Crippen molar-refractivity contribution in [2.75, 3.05) is 23.3 Å². The van der Waals surface area contributed by atoms with Crippen LogP contribution in [0.25, 0.3) is 0 Å². The van der Waals surface area contributed by atoms with Gasteiger partial charge in [-0.3, -0.25) is 0 Å². The predicted octanol–water partition coefficient (Wildman–Crippen LogP) is 4.52. The van der Waals surface area contributed by atoms with Crippen molar-refractivity contribution in [2.45, 2.75) is 19.3 Å². The van der Waals surface area contributed by atoms with Crippen molar-refractivity contribution in [3.8, 4) is 0 Å². The van der Waals surface area contributed by atoms with E-state index in [1.54, 1.807) is 18.5 Å². The lowest BCUT2D eigenvalue weighted by molar-refractivity contribution is 0.573. The summed E-state index contributed by atoms with van der Waals surface area (Å²) in [5.41, 5.74) is 0.670. The molecule has 1 aliphatic rings. The van der Waals surface area contributed by atoms with Gasteiger partial charge in [-0.25, -0.2) is 9.97 Å². The second-order valence-electron chi connectivity index (χ2n) is 5.03. The predicted molar refractivity (Wildman–Crippen MR) is 87.8 cm³/mol. The van der Waals surface area contributed by atoms with E-state index in [-0.39, 0.29) is 0 Å². The van der Waals surface area contributed by atoms with Crippen LogP contribution in [0.5, 0.6) is 0 Å². The van der Waals surface area contributed by atoms with Crippen molar-refractivity contribution in [3.63, 3.8) is 0 Å². The minimum absolute atomic E-state index is 0.570. The van der Waals surface area contributed by atoms with Gasteiger partial charge >= 0.3 is 0 Å². The zero-order valence-corrected chi connectivity index (χ0v) is 13.0. The molecule has 1 aromatic heterocycles. The first-order valence-electron chi connectivity index (χ1n) is 7.02. The molecule has 1 aromatic carbocycles. The molecule has 1 fully saturated rings. The Labute approximate surface area is 134 Å². The van der Waals surface area contributed by atoms with Crippen LogP contribution in [0.3, 0.4) is 0 Å². The van der Waals surface area contributed by atoms with Crippen LogP contribution >= 0.6 is 23.2 Å². The first-order chi connectivity index (χ1) is 10.2. The summed E-state index contributed by atoms with van der Waals surface area (Å²) in [5, 5.41) is 4.32. The molecule has 0 radical (unpaired) electrons. The molecule has 2 heterocycles. The van der Waals surface area contributed by atoms with Crippen LogP contribution in [0.1, 0.15) is 19.3 Å². The summed E-state index contributed by atoms with van der Waals surface area (Å²) in [6.07, 6.45) is 5.28. The van der Waals surface area contributed by atoms with Crippen LogP contribution < -0.4 is 10.2 Å². The largest absolute Gasteiger partial charge is 0.356 e. The number of benzene rings is 1. The van der Waals surface area contributed by atoms with Gasteiger partial charge in [0, 0.05) is 19.2 Å². The summed E-state index contributed by atoms with van der Waals surface area (Å²) in [5.74, 6) is 1.64. The lowest BCUT2D eigenvalue weighted by Crippen LogP contribution is -2.30. The van der Waals surface area contributed by atoms with E-state index in [4.69, 9.17) is 23.2 Å². The molecule has 21 heavy (non-hydrogen) atoms. The molecule has 1 aliphatic heterocycles. The Morgan fingerprint density at radius 2 is 1.71 bits per heavy atom. The number of hydrogen-bond acceptors (Lipinski definition) is 4. The number of halogens is 2. The number of para-hydroxylation sites is 1. The number of aromatic nitrogens is 2. The van der Waals surface area contributed by atoms with E-state index in [0.717, 1.165) is 18.9 Å². The van der Waals surface area contributed by atoms with Gasteiger partial charge < -0.3 is 10.2 Å². The SMILES string of the molecule is Clc1cccc(Cl)c1Nc1cc(N2CCCCC2)ncn1. The van der Waals surface area contributed by atoms with Gasteiger partial charge in [0.05, 0.1) is 15.7 Å². The smallest absolute Gasteiger partial charge is 0.135 e. The van der Waals surface area contributed by atoms with E-state index in [1.807, 2.05) is 12.1 Å². The zero-order valence-electron chi connectivity index (χ0n) is 11.5. The maximum atomic E-state index is 6.17. The van der Waals surface area contributed by atoms with Crippen LogP contribution in [0.2, 0.25) is 10.0 Å². The van der Waals surface area contributed by atoms with E-state index >= 15 is 0 Å². The maximum Gasteiger partial charge on any atom is 0.135 e. The average molecular weight is 323 g/mol. The second kappa shape index (κ2) is 6.50. The van der Waals surface area contributed by atoms with E-state index in [9.17, 15) is 0 Å². The fourth-order valence-corrected chi connectivity index (χ4v) is 2.95. The van der Waals surface area contributed by atoms with Crippen molar-refractivity contribution in [2.24, 2.45) is 0 Å². The first-order valence-corrected chi connectivity index (χ1v) is 7.77. The third-order valence-electron chi connectivity index (χ3n) is 3.55. The van der Waals surface area contributed by atoms with Crippen LogP contribution in [0.15, 0.2) is 30.6 Å². The summed E-state index contributed by atoms with van der Waals surface area (Å²) in [4.78, 5) is 10.9. The summed E-state index contributed by atoms with van der Waals surface area (Å²) >= 11 is 12.3. The van der Waals surface area contributed by atoms with Crippen LogP contribution in [0.4, 0.5) is 17.3 Å². The van der Waals surface area contributed by atoms with Crippen molar-refractivity contribution < 1.29 is 0 Å². The van der Waals surface area contributed by atoms with Crippen molar-refractivity contribution in [1.29, 1.82) is 0 Å². The Kier molecular flexibility index (Phi) is 4.46. The zero-order chi connectivity index (χ0) is 14.7. The maximum absolute atomic E-state index is 6.17. The molecule has 0 saturated carbocycles. The molecule has 0 amide bonds. The molecule has 1 saturated heterocycles. The van der Waals surface area contributed by atoms with Gasteiger partial charge in [0.1, 0.15) is 18.0 Å². The summed E-state index contributed by atoms with van der Waals surface area (Å²) < 4.78 is 0. The second-order valence-corrected chi connectivity index (χ2v) is 5.85. The fraction of sp³-hybridized carbons (Fsp3) is 0.333. The number of piperidine rings is 1. The number of nitrogens with zero attached hydrogens (tertiary/aromatic N) is 3. The standard InChI is InChI=1S/C15H16Cl2N4/c16-11-5-4-6-12(17)15(11)20-13-9-14(19-10-18-13)21-7-2-1-3-8-21/h4-6,9-10H,1-3,7-8H2,(H,18,19,20). The van der Waals surface area contributed by atoms with E-state index < -0.39 is 0 Å². The minimum atomic E-state index is 0.570. The highest BCUT2D eigenvalue weighted by Gasteiger charge is 2.13. The number of rotatable bonds is 3. The lowest BCUT2D eigenvalue weighted by atomic mass is 10.1. The Morgan fingerprint density at radius 1 is 1.00 bits per heavy atom. The molecule has 0 atom stereocenters. The van der Waals surface area contributed by atoms with E-state index in [0.29, 0.717) is 21.6 Å². The number of hydrogen-bond donors (Lipinski definition) is 1. The molecular formula is C15H16Cl2N4. The summed E-state index contributed by atoms with van der Waals surface area (Å²) in [6, 6.07) is 7.34. The lowest BCUT2D eigenvalue weighted by Gasteiger charge is -2.27. The van der Waals surface area contributed by atoms with Crippen LogP contribution in [0, 0.1) is 0 Å². The van der Waals surface area contributed by atoms with Crippen LogP contribution in [-0.2, 0) is 0 Å². The van der Waals surface area contributed by atoms with Crippen molar-refractivity contribution in [1.82, 2.24) is 9.97 Å². The fourth-order valence-electron chi connectivity index (χ4n) is 2.46. The number of nitrogens with one attached hydrogen (secondary N) is 1. The van der Waals surface area contributed by atoms with Crippen LogP contribution in [-0.4, -0.2) is 23.1 Å². The van der Waals surface area contributed by atoms with Gasteiger partial charge in [-0.05, 0) is 31.4 Å². The third-order valence-corrected chi connectivity index (χ3v) is 4.18. The van der Waals surface area contributed by atoms with Gasteiger partial charge in [0.2, 0.25) is 0 Å².